The summed E-state index contributed by atoms with van der Waals surface area (Å²) in [6.07, 6.45) is 7.89. The van der Waals surface area contributed by atoms with Crippen LogP contribution in [0.4, 0.5) is 0 Å². The maximum Gasteiger partial charge on any atom is 0.331 e. The molecule has 4 unspecified atom stereocenters. The Bertz CT molecular complexity index is 895. The Balaban J connectivity index is 1.19. The number of carbonyl (C=O) groups is 4. The third-order valence-corrected chi connectivity index (χ3v) is 8.50. The summed E-state index contributed by atoms with van der Waals surface area (Å²) in [6, 6.07) is 0.355. The third-order valence-electron chi connectivity index (χ3n) is 8.50. The average molecular weight is 503 g/mol. The second kappa shape index (κ2) is 9.18. The van der Waals surface area contributed by atoms with Gasteiger partial charge in [0, 0.05) is 37.3 Å². The minimum Gasteiger partial charge on any atom is -0.452 e. The van der Waals surface area contributed by atoms with Gasteiger partial charge in [0.25, 0.3) is 11.8 Å². The number of amides is 2. The monoisotopic (exact) mass is 502 g/mol. The molecule has 4 atom stereocenters. The average Bonchev–Trinajstić information content (AvgIpc) is 3.14. The summed E-state index contributed by atoms with van der Waals surface area (Å²) in [4.78, 5) is 53.3. The molecule has 0 aromatic heterocycles. The van der Waals surface area contributed by atoms with Gasteiger partial charge in [0.15, 0.2) is 13.2 Å². The number of esters is 2. The van der Waals surface area contributed by atoms with E-state index in [4.69, 9.17) is 9.47 Å². The van der Waals surface area contributed by atoms with Crippen molar-refractivity contribution in [1.29, 1.82) is 0 Å². The summed E-state index contributed by atoms with van der Waals surface area (Å²) in [5, 5.41) is 0. The lowest BCUT2D eigenvalue weighted by Gasteiger charge is -2.39. The predicted molar refractivity (Wildman–Crippen MR) is 134 cm³/mol. The van der Waals surface area contributed by atoms with Crippen LogP contribution in [0, 0.1) is 21.7 Å². The first-order chi connectivity index (χ1) is 16.6. The second-order valence-electron chi connectivity index (χ2n) is 14.0. The molecular weight excluding hydrogens is 460 g/mol. The Morgan fingerprint density at radius 1 is 0.667 bits per heavy atom. The third kappa shape index (κ3) is 5.94. The summed E-state index contributed by atoms with van der Waals surface area (Å²) in [7, 11) is 0. The van der Waals surface area contributed by atoms with E-state index < -0.39 is 11.9 Å². The van der Waals surface area contributed by atoms with E-state index in [1.807, 2.05) is 9.80 Å². The van der Waals surface area contributed by atoms with Crippen LogP contribution in [0.5, 0.6) is 0 Å². The number of ether oxygens (including phenoxy) is 2. The van der Waals surface area contributed by atoms with Crippen LogP contribution >= 0.6 is 0 Å². The van der Waals surface area contributed by atoms with Crippen LogP contribution in [0.25, 0.3) is 0 Å². The predicted octanol–water partition coefficient (Wildman–Crippen LogP) is 3.48. The highest BCUT2D eigenvalue weighted by Crippen LogP contribution is 2.53. The fourth-order valence-electron chi connectivity index (χ4n) is 8.17. The highest BCUT2D eigenvalue weighted by Gasteiger charge is 2.52. The van der Waals surface area contributed by atoms with E-state index in [1.165, 1.54) is 0 Å². The zero-order valence-electron chi connectivity index (χ0n) is 22.7. The number of rotatable bonds is 6. The summed E-state index contributed by atoms with van der Waals surface area (Å²) in [5.41, 5.74) is 0.593. The van der Waals surface area contributed by atoms with E-state index in [9.17, 15) is 19.2 Å². The normalized spacial score (nSPS) is 34.1. The largest absolute Gasteiger partial charge is 0.452 e. The minimum absolute atomic E-state index is 0.106. The highest BCUT2D eigenvalue weighted by atomic mass is 16.5. The van der Waals surface area contributed by atoms with Gasteiger partial charge >= 0.3 is 11.9 Å². The molecule has 2 heterocycles. The summed E-state index contributed by atoms with van der Waals surface area (Å²) in [6.45, 7) is 14.0. The van der Waals surface area contributed by atoms with Crippen LogP contribution in [-0.4, -0.2) is 71.9 Å². The first-order valence-electron chi connectivity index (χ1n) is 13.2. The van der Waals surface area contributed by atoms with Crippen LogP contribution in [0.3, 0.4) is 0 Å². The molecule has 0 aromatic carbocycles. The summed E-state index contributed by atoms with van der Waals surface area (Å²) < 4.78 is 10.2. The molecule has 4 fully saturated rings. The van der Waals surface area contributed by atoms with E-state index in [-0.39, 0.29) is 58.8 Å². The Kier molecular flexibility index (Phi) is 6.80. The number of nitrogens with zero attached hydrogens (tertiary/aromatic N) is 2. The minimum atomic E-state index is -0.788. The molecule has 2 saturated heterocycles. The maximum atomic E-state index is 12.7. The summed E-state index contributed by atoms with van der Waals surface area (Å²) in [5.74, 6) is -1.99. The molecule has 0 spiro atoms. The number of fused-ring (bicyclic) bond motifs is 4. The molecule has 8 nitrogen and oxygen atoms in total. The van der Waals surface area contributed by atoms with Gasteiger partial charge in [-0.25, -0.2) is 9.59 Å². The van der Waals surface area contributed by atoms with E-state index in [0.29, 0.717) is 13.1 Å². The number of likely N-dealkylation sites (tertiary alicyclic amines) is 2. The number of hydrogen-bond donors (Lipinski definition) is 0. The van der Waals surface area contributed by atoms with Crippen molar-refractivity contribution in [2.75, 3.05) is 26.3 Å². The van der Waals surface area contributed by atoms with E-state index in [2.05, 4.69) is 41.5 Å². The lowest BCUT2D eigenvalue weighted by Crippen LogP contribution is -2.39. The van der Waals surface area contributed by atoms with Crippen molar-refractivity contribution in [2.24, 2.45) is 21.7 Å². The molecule has 0 N–H and O–H groups in total. The number of hydrogen-bond acceptors (Lipinski definition) is 6. The van der Waals surface area contributed by atoms with Crippen LogP contribution in [0.15, 0.2) is 12.2 Å². The van der Waals surface area contributed by atoms with E-state index in [1.54, 1.807) is 0 Å². The molecule has 2 amide bonds. The highest BCUT2D eigenvalue weighted by molar-refractivity contribution is 5.93. The van der Waals surface area contributed by atoms with Crippen LogP contribution in [0.2, 0.25) is 0 Å². The molecule has 4 rings (SSSR count). The van der Waals surface area contributed by atoms with Gasteiger partial charge < -0.3 is 19.3 Å². The molecular formula is C28H42N2O6. The number of carbonyl (C=O) groups excluding carboxylic acids is 4. The van der Waals surface area contributed by atoms with Crippen molar-refractivity contribution in [1.82, 2.24) is 9.80 Å². The molecule has 8 heteroatoms. The molecule has 0 aromatic rings. The fourth-order valence-corrected chi connectivity index (χ4v) is 8.17. The first-order valence-corrected chi connectivity index (χ1v) is 13.2. The molecule has 2 aliphatic heterocycles. The molecule has 4 aliphatic rings. The fraction of sp³-hybridized carbons (Fsp3) is 0.786. The van der Waals surface area contributed by atoms with Gasteiger partial charge in [0.1, 0.15) is 0 Å². The molecule has 2 aliphatic carbocycles. The van der Waals surface area contributed by atoms with Crippen molar-refractivity contribution in [3.8, 4) is 0 Å². The van der Waals surface area contributed by atoms with Crippen LogP contribution in [-0.2, 0) is 28.7 Å². The zero-order chi connectivity index (χ0) is 26.5. The topological polar surface area (TPSA) is 93.2 Å². The summed E-state index contributed by atoms with van der Waals surface area (Å²) >= 11 is 0. The van der Waals surface area contributed by atoms with E-state index in [0.717, 1.165) is 50.7 Å². The molecule has 36 heavy (non-hydrogen) atoms. The Hall–Kier alpha value is -2.38. The van der Waals surface area contributed by atoms with Crippen LogP contribution in [0.1, 0.15) is 80.1 Å². The van der Waals surface area contributed by atoms with Crippen molar-refractivity contribution >= 4 is 23.8 Å². The Morgan fingerprint density at radius 2 is 1.03 bits per heavy atom. The molecule has 2 saturated carbocycles. The van der Waals surface area contributed by atoms with Gasteiger partial charge in [0.05, 0.1) is 0 Å². The first kappa shape index (κ1) is 26.7. The van der Waals surface area contributed by atoms with Crippen molar-refractivity contribution in [2.45, 2.75) is 92.2 Å². The lowest BCUT2D eigenvalue weighted by atomic mass is 9.65. The van der Waals surface area contributed by atoms with Crippen molar-refractivity contribution < 1.29 is 28.7 Å². The Labute approximate surface area is 214 Å². The standard InChI is InChI=1S/C28H42N2O6/c1-25(2)9-19-11-27(5,15-25)17-29(19)21(31)13-35-23(33)7-8-24(34)36-14-22(32)30-18-28(6)12-20(30)10-26(3,4)16-28/h7-8,19-20H,9-18H2,1-6H3. The van der Waals surface area contributed by atoms with E-state index >= 15 is 0 Å². The van der Waals surface area contributed by atoms with Crippen LogP contribution < -0.4 is 0 Å². The SMILES string of the molecule is CC1(C)CC2CC(C)(CN2C(=O)COC(=O)C=CC(=O)OCC(=O)N2CC3(C)CC2CC(C)(C)C3)C1. The van der Waals surface area contributed by atoms with Crippen molar-refractivity contribution in [3.63, 3.8) is 0 Å². The van der Waals surface area contributed by atoms with Crippen molar-refractivity contribution in [3.05, 3.63) is 12.2 Å². The maximum absolute atomic E-state index is 12.7. The molecule has 0 radical (unpaired) electrons. The smallest absolute Gasteiger partial charge is 0.331 e. The van der Waals surface area contributed by atoms with Gasteiger partial charge in [-0.1, -0.05) is 41.5 Å². The molecule has 200 valence electrons. The van der Waals surface area contributed by atoms with Gasteiger partial charge in [-0.05, 0) is 60.2 Å². The quantitative estimate of drug-likeness (QED) is 0.408. The zero-order valence-corrected chi connectivity index (χ0v) is 22.7. The van der Waals surface area contributed by atoms with Gasteiger partial charge in [0.2, 0.25) is 0 Å². The van der Waals surface area contributed by atoms with Gasteiger partial charge in [-0.2, -0.15) is 0 Å². The van der Waals surface area contributed by atoms with Gasteiger partial charge in [-0.3, -0.25) is 9.59 Å². The Morgan fingerprint density at radius 3 is 1.39 bits per heavy atom. The second-order valence-corrected chi connectivity index (χ2v) is 14.0. The van der Waals surface area contributed by atoms with Gasteiger partial charge in [-0.15, -0.1) is 0 Å². The molecule has 4 bridgehead atoms. The lowest BCUT2D eigenvalue weighted by molar-refractivity contribution is -0.150.